The molecule has 6 heteroatoms. The van der Waals surface area contributed by atoms with Crippen LogP contribution in [0.25, 0.3) is 0 Å². The van der Waals surface area contributed by atoms with Gasteiger partial charge in [0.25, 0.3) is 0 Å². The van der Waals surface area contributed by atoms with Crippen molar-refractivity contribution in [3.8, 4) is 0 Å². The van der Waals surface area contributed by atoms with E-state index in [9.17, 15) is 14.4 Å². The molecule has 0 amide bonds. The third-order valence-corrected chi connectivity index (χ3v) is 11.8. The number of hydrogen-bond donors (Lipinski definition) is 0. The van der Waals surface area contributed by atoms with Crippen LogP contribution >= 0.6 is 0 Å². The fraction of sp³-hybridized carbons (Fsp3) is 0.574. The number of carbonyl (C=O) groups is 3. The van der Waals surface area contributed by atoms with Gasteiger partial charge >= 0.3 is 17.9 Å². The van der Waals surface area contributed by atoms with E-state index in [1.54, 1.807) is 6.08 Å². The van der Waals surface area contributed by atoms with Crippen LogP contribution in [0, 0.1) is 0 Å². The van der Waals surface area contributed by atoms with Crippen molar-refractivity contribution in [1.82, 2.24) is 0 Å². The molecule has 6 nitrogen and oxygen atoms in total. The van der Waals surface area contributed by atoms with Crippen LogP contribution in [-0.2, 0) is 28.6 Å². The number of carbonyl (C=O) groups excluding carboxylic acids is 3. The Labute approximate surface area is 454 Å². The summed E-state index contributed by atoms with van der Waals surface area (Å²) in [5.74, 6) is -1.09. The monoisotopic (exact) mass is 1020 g/mol. The third-order valence-electron chi connectivity index (χ3n) is 11.8. The predicted octanol–water partition coefficient (Wildman–Crippen LogP) is 20.1. The van der Waals surface area contributed by atoms with Crippen LogP contribution in [0.1, 0.15) is 233 Å². The molecule has 1 unspecified atom stereocenters. The molecule has 0 saturated carbocycles. The molecule has 0 heterocycles. The zero-order valence-corrected chi connectivity index (χ0v) is 47.3. The van der Waals surface area contributed by atoms with Gasteiger partial charge in [-0.3, -0.25) is 14.4 Å². The zero-order valence-electron chi connectivity index (χ0n) is 47.3. The summed E-state index contributed by atoms with van der Waals surface area (Å²) in [4.78, 5) is 38.1. The fourth-order valence-electron chi connectivity index (χ4n) is 7.42. The molecule has 414 valence electrons. The van der Waals surface area contributed by atoms with E-state index in [1.807, 2.05) is 6.08 Å². The maximum absolute atomic E-state index is 12.8. The second-order valence-electron chi connectivity index (χ2n) is 18.8. The van der Waals surface area contributed by atoms with Gasteiger partial charge in [-0.25, -0.2) is 0 Å². The molecule has 0 aliphatic rings. The molecule has 0 saturated heterocycles. The Morgan fingerprint density at radius 2 is 0.568 bits per heavy atom. The van der Waals surface area contributed by atoms with Gasteiger partial charge in [0, 0.05) is 12.8 Å². The molecule has 0 N–H and O–H groups in total. The minimum atomic E-state index is -0.850. The van der Waals surface area contributed by atoms with Crippen LogP contribution in [0.5, 0.6) is 0 Å². The Morgan fingerprint density at radius 1 is 0.297 bits per heavy atom. The fourth-order valence-corrected chi connectivity index (χ4v) is 7.42. The van der Waals surface area contributed by atoms with E-state index < -0.39 is 12.1 Å². The highest BCUT2D eigenvalue weighted by atomic mass is 16.6. The highest BCUT2D eigenvalue weighted by Gasteiger charge is 2.19. The van der Waals surface area contributed by atoms with Crippen molar-refractivity contribution in [3.63, 3.8) is 0 Å². The Hall–Kier alpha value is -4.97. The quantitative estimate of drug-likeness (QED) is 0.0261. The van der Waals surface area contributed by atoms with Crippen LogP contribution in [0.3, 0.4) is 0 Å². The second-order valence-corrected chi connectivity index (χ2v) is 18.8. The lowest BCUT2D eigenvalue weighted by molar-refractivity contribution is -0.166. The molecular weight excluding hydrogens is 913 g/mol. The van der Waals surface area contributed by atoms with Crippen molar-refractivity contribution in [2.24, 2.45) is 0 Å². The molecule has 0 bridgehead atoms. The van der Waals surface area contributed by atoms with Gasteiger partial charge < -0.3 is 14.2 Å². The number of rotatable bonds is 51. The molecule has 0 fully saturated rings. The molecule has 0 radical (unpaired) electrons. The minimum absolute atomic E-state index is 0.0846. The lowest BCUT2D eigenvalue weighted by atomic mass is 10.1. The number of esters is 3. The first-order valence-corrected chi connectivity index (χ1v) is 29.5. The largest absolute Gasteiger partial charge is 0.462 e. The van der Waals surface area contributed by atoms with Gasteiger partial charge in [-0.2, -0.15) is 0 Å². The van der Waals surface area contributed by atoms with Crippen LogP contribution in [-0.4, -0.2) is 37.2 Å². The highest BCUT2D eigenvalue weighted by Crippen LogP contribution is 2.13. The van der Waals surface area contributed by atoms with E-state index in [0.717, 1.165) is 135 Å². The van der Waals surface area contributed by atoms with E-state index in [-0.39, 0.29) is 31.6 Å². The van der Waals surface area contributed by atoms with E-state index >= 15 is 0 Å². The Balaban J connectivity index is 4.45. The van der Waals surface area contributed by atoms with Gasteiger partial charge in [-0.05, 0) is 122 Å². The average Bonchev–Trinajstić information content (AvgIpc) is 3.40. The number of unbranched alkanes of at least 4 members (excludes halogenated alkanes) is 15. The molecule has 1 atom stereocenters. The number of hydrogen-bond acceptors (Lipinski definition) is 6. The Kier molecular flexibility index (Phi) is 56.5. The van der Waals surface area contributed by atoms with E-state index in [0.29, 0.717) is 19.3 Å². The summed E-state index contributed by atoms with van der Waals surface area (Å²) in [6.45, 7) is 6.25. The van der Waals surface area contributed by atoms with Crippen LogP contribution in [0.15, 0.2) is 158 Å². The molecule has 74 heavy (non-hydrogen) atoms. The number of allylic oxidation sites excluding steroid dienone is 25. The molecule has 0 rings (SSSR count). The first kappa shape index (κ1) is 69.0. The van der Waals surface area contributed by atoms with E-state index in [2.05, 4.69) is 167 Å². The summed E-state index contributed by atoms with van der Waals surface area (Å²) in [5.41, 5.74) is 0. The standard InChI is InChI=1S/C68H106O6/c1-4-7-10-13-16-19-22-25-28-29-30-31-32-33-34-35-36-37-38-39-41-43-46-49-52-55-58-61-67(70)73-64-65(63-72-66(69)60-57-54-51-48-45-42-27-24-21-18-15-12-9-6-3)74-68(71)62-59-56-53-50-47-44-40-26-23-20-17-14-11-8-5-2/h7-8,10-11,15-20,24-28,30-31,33-34,36-37,40,47,50,56,59,65H,4-6,9,12-14,21-23,29,32,35,38-39,41-46,48-49,51-55,57-58,60-64H2,1-3H3/b10-7-,11-8-,18-15-,19-16-,20-17-,27-24-,28-25-,31-30-,34-33-,37-36-,40-26-,50-47-,59-56-. The Bertz CT molecular complexity index is 1690. The third kappa shape index (κ3) is 57.9. The molecule has 0 aromatic carbocycles. The average molecular weight is 1020 g/mol. The van der Waals surface area contributed by atoms with E-state index in [1.165, 1.54) is 51.4 Å². The molecular formula is C68H106O6. The molecule has 0 spiro atoms. The summed E-state index contributed by atoms with van der Waals surface area (Å²) < 4.78 is 16.7. The molecule has 0 aromatic rings. The Morgan fingerprint density at radius 3 is 0.892 bits per heavy atom. The summed E-state index contributed by atoms with van der Waals surface area (Å²) in [6.07, 6.45) is 88.3. The minimum Gasteiger partial charge on any atom is -0.462 e. The predicted molar refractivity (Wildman–Crippen MR) is 320 cm³/mol. The number of ether oxygens (including phenoxy) is 3. The van der Waals surface area contributed by atoms with Crippen LogP contribution < -0.4 is 0 Å². The van der Waals surface area contributed by atoms with Gasteiger partial charge in [0.05, 0.1) is 6.42 Å². The maximum Gasteiger partial charge on any atom is 0.310 e. The zero-order chi connectivity index (χ0) is 53.6. The summed E-state index contributed by atoms with van der Waals surface area (Å²) in [7, 11) is 0. The lowest BCUT2D eigenvalue weighted by Crippen LogP contribution is -2.30. The van der Waals surface area contributed by atoms with Crippen molar-refractivity contribution in [2.45, 2.75) is 239 Å². The van der Waals surface area contributed by atoms with Crippen molar-refractivity contribution in [3.05, 3.63) is 158 Å². The first-order valence-electron chi connectivity index (χ1n) is 29.5. The highest BCUT2D eigenvalue weighted by molar-refractivity contribution is 5.72. The topological polar surface area (TPSA) is 78.9 Å². The second kappa shape index (κ2) is 60.6. The molecule has 0 aliphatic heterocycles. The van der Waals surface area contributed by atoms with Gasteiger partial charge in [0.2, 0.25) is 0 Å². The van der Waals surface area contributed by atoms with Crippen molar-refractivity contribution in [2.75, 3.05) is 13.2 Å². The van der Waals surface area contributed by atoms with Gasteiger partial charge in [-0.15, -0.1) is 0 Å². The molecule has 0 aliphatic carbocycles. The lowest BCUT2D eigenvalue weighted by Gasteiger charge is -2.18. The summed E-state index contributed by atoms with van der Waals surface area (Å²) >= 11 is 0. The van der Waals surface area contributed by atoms with Crippen molar-refractivity contribution in [1.29, 1.82) is 0 Å². The van der Waals surface area contributed by atoms with Gasteiger partial charge in [-0.1, -0.05) is 249 Å². The summed E-state index contributed by atoms with van der Waals surface area (Å²) in [6, 6.07) is 0. The summed E-state index contributed by atoms with van der Waals surface area (Å²) in [5, 5.41) is 0. The first-order chi connectivity index (χ1) is 36.5. The van der Waals surface area contributed by atoms with Crippen LogP contribution in [0.4, 0.5) is 0 Å². The molecule has 0 aromatic heterocycles. The maximum atomic E-state index is 12.8. The van der Waals surface area contributed by atoms with Crippen molar-refractivity contribution >= 4 is 17.9 Å². The van der Waals surface area contributed by atoms with E-state index in [4.69, 9.17) is 14.2 Å². The van der Waals surface area contributed by atoms with Gasteiger partial charge in [0.15, 0.2) is 6.10 Å². The smallest absolute Gasteiger partial charge is 0.310 e. The SMILES string of the molecule is CC/C=C\C/C=C\C/C=C\C/C=C\C/C=C\C/C=C\CCCCCCCCCCC(=O)OCC(COC(=O)CCCCCCC/C=C\C/C=C\CCCC)OC(=O)C/C=C\C/C=C\C/C=C\C/C=C\C/C=C\CC. The normalized spacial score (nSPS) is 13.3. The van der Waals surface area contributed by atoms with Crippen LogP contribution in [0.2, 0.25) is 0 Å². The van der Waals surface area contributed by atoms with Crippen molar-refractivity contribution < 1.29 is 28.6 Å². The van der Waals surface area contributed by atoms with Gasteiger partial charge in [0.1, 0.15) is 13.2 Å².